The largest absolute Gasteiger partial charge is 0.325 e. The molecule has 1 rings (SSSR count). The maximum atomic E-state index is 2.45. The van der Waals surface area contributed by atoms with Gasteiger partial charge in [-0.15, -0.1) is 0 Å². The fourth-order valence-corrected chi connectivity index (χ4v) is 9.94. The molecule has 1 heterocycles. The summed E-state index contributed by atoms with van der Waals surface area (Å²) in [5.41, 5.74) is 1.17. The number of quaternary nitrogens is 1. The lowest BCUT2D eigenvalue weighted by atomic mass is 10.1. The lowest BCUT2D eigenvalue weighted by molar-refractivity contribution is -0.921. The van der Waals surface area contributed by atoms with E-state index in [0.29, 0.717) is 0 Å². The molecule has 0 aliphatic carbocycles. The summed E-state index contributed by atoms with van der Waals surface area (Å²) in [7, 11) is -0.760. The zero-order valence-electron chi connectivity index (χ0n) is 16.3. The van der Waals surface area contributed by atoms with E-state index in [4.69, 9.17) is 0 Å². The Balaban J connectivity index is 0.000000400. The van der Waals surface area contributed by atoms with Crippen LogP contribution in [0, 0.1) is 0 Å². The summed E-state index contributed by atoms with van der Waals surface area (Å²) in [5.74, 6) is 0. The molecule has 1 atom stereocenters. The highest BCUT2D eigenvalue weighted by atomic mass is 28.3. The zero-order valence-corrected chi connectivity index (χ0v) is 17.3. The van der Waals surface area contributed by atoms with Crippen LogP contribution in [0.2, 0.25) is 23.7 Å². The number of hydrogen-bond donors (Lipinski definition) is 0. The van der Waals surface area contributed by atoms with Gasteiger partial charge in [0.15, 0.2) is 0 Å². The van der Waals surface area contributed by atoms with Crippen LogP contribution in [0.15, 0.2) is 0 Å². The Morgan fingerprint density at radius 3 is 1.48 bits per heavy atom. The van der Waals surface area contributed by atoms with Gasteiger partial charge in [-0.05, 0) is 33.2 Å². The van der Waals surface area contributed by atoms with Gasteiger partial charge in [-0.3, -0.25) is 0 Å². The van der Waals surface area contributed by atoms with Gasteiger partial charge in [0, 0.05) is 0 Å². The van der Waals surface area contributed by atoms with E-state index in [2.05, 4.69) is 48.5 Å². The summed E-state index contributed by atoms with van der Waals surface area (Å²) in [6.07, 6.45) is 6.09. The van der Waals surface area contributed by atoms with Crippen molar-refractivity contribution in [1.82, 2.24) is 0 Å². The summed E-state index contributed by atoms with van der Waals surface area (Å²) in [4.78, 5) is 0. The minimum Gasteiger partial charge on any atom is -0.325 e. The average molecular weight is 315 g/mol. The molecule has 0 radical (unpaired) electrons. The predicted octanol–water partition coefficient (Wildman–Crippen LogP) is 6.32. The van der Waals surface area contributed by atoms with Crippen molar-refractivity contribution >= 4 is 8.07 Å². The van der Waals surface area contributed by atoms with E-state index in [-0.39, 0.29) is 0 Å². The van der Waals surface area contributed by atoms with Crippen LogP contribution in [-0.4, -0.2) is 38.7 Å². The normalized spacial score (nSPS) is 21.6. The topological polar surface area (TPSA) is 0 Å². The van der Waals surface area contributed by atoms with Gasteiger partial charge in [0.05, 0.1) is 34.3 Å². The molecule has 0 N–H and O–H groups in total. The van der Waals surface area contributed by atoms with Crippen molar-refractivity contribution in [3.8, 4) is 0 Å². The molecule has 1 aliphatic heterocycles. The molecule has 1 aliphatic rings. The van der Waals surface area contributed by atoms with Crippen molar-refractivity contribution < 1.29 is 4.48 Å². The Morgan fingerprint density at radius 1 is 0.762 bits per heavy atom. The Bertz CT molecular complexity index is 226. The van der Waals surface area contributed by atoms with Crippen molar-refractivity contribution in [3.05, 3.63) is 0 Å². The fourth-order valence-electron chi connectivity index (χ4n) is 4.54. The summed E-state index contributed by atoms with van der Waals surface area (Å²) < 4.78 is 1.28. The third kappa shape index (κ3) is 5.71. The number of rotatable bonds is 7. The molecule has 0 bridgehead atoms. The first kappa shape index (κ1) is 21.2. The van der Waals surface area contributed by atoms with Gasteiger partial charge in [-0.2, -0.15) is 0 Å². The van der Waals surface area contributed by atoms with E-state index in [1.807, 2.05) is 0 Å². The van der Waals surface area contributed by atoms with E-state index in [9.17, 15) is 0 Å². The van der Waals surface area contributed by atoms with E-state index in [0.717, 1.165) is 0 Å². The minimum absolute atomic E-state index is 0.760. The molecule has 1 saturated heterocycles. The molecule has 0 saturated carbocycles. The highest BCUT2D eigenvalue weighted by Gasteiger charge is 2.38. The van der Waals surface area contributed by atoms with Crippen LogP contribution >= 0.6 is 0 Å². The maximum Gasteiger partial charge on any atom is 0.0757 e. The van der Waals surface area contributed by atoms with E-state index in [1.54, 1.807) is 31.0 Å². The van der Waals surface area contributed by atoms with Gasteiger partial charge in [0.25, 0.3) is 0 Å². The smallest absolute Gasteiger partial charge is 0.0757 e. The Morgan fingerprint density at radius 2 is 1.24 bits per heavy atom. The monoisotopic (exact) mass is 314 g/mol. The van der Waals surface area contributed by atoms with E-state index >= 15 is 0 Å². The molecule has 2 heteroatoms. The second kappa shape index (κ2) is 10.8. The molecule has 0 aromatic heterocycles. The first-order valence-corrected chi connectivity index (χ1v) is 12.6. The van der Waals surface area contributed by atoms with Crippen molar-refractivity contribution in [2.45, 2.75) is 97.8 Å². The van der Waals surface area contributed by atoms with Crippen LogP contribution in [0.4, 0.5) is 0 Å². The lowest BCUT2D eigenvalue weighted by Gasteiger charge is -2.41. The van der Waals surface area contributed by atoms with Gasteiger partial charge in [0.1, 0.15) is 0 Å². The molecular formula is C19H44NSi+. The van der Waals surface area contributed by atoms with Crippen molar-refractivity contribution in [2.24, 2.45) is 0 Å². The summed E-state index contributed by atoms with van der Waals surface area (Å²) >= 11 is 0. The number of hydrogen-bond acceptors (Lipinski definition) is 0. The average Bonchev–Trinajstić information content (AvgIpc) is 2.57. The summed E-state index contributed by atoms with van der Waals surface area (Å²) in [6, 6.07) is 4.72. The van der Waals surface area contributed by atoms with Crippen LogP contribution in [0.5, 0.6) is 0 Å². The third-order valence-corrected chi connectivity index (χ3v) is 13.5. The molecule has 1 unspecified atom stereocenters. The first-order valence-electron chi connectivity index (χ1n) is 9.88. The van der Waals surface area contributed by atoms with Crippen molar-refractivity contribution in [2.75, 3.05) is 26.2 Å². The van der Waals surface area contributed by atoms with Gasteiger partial charge >= 0.3 is 0 Å². The standard InChI is InChI=1S/C11H24Si.C8H20N/c1-4-11-9-7-8-10-12(11,5-2)6-3;1-5-9(6-2,7-3)8-4/h11H,4-10H2,1-3H3;5-8H2,1-4H3/q;+1. The first-order chi connectivity index (χ1) is 10.0. The van der Waals surface area contributed by atoms with Gasteiger partial charge < -0.3 is 4.48 Å². The van der Waals surface area contributed by atoms with Crippen LogP contribution in [-0.2, 0) is 0 Å². The summed E-state index contributed by atoms with van der Waals surface area (Å²) in [5, 5.41) is 0. The molecule has 1 nitrogen and oxygen atoms in total. The number of nitrogens with zero attached hydrogens (tertiary/aromatic N) is 1. The van der Waals surface area contributed by atoms with Gasteiger partial charge in [-0.1, -0.05) is 64.6 Å². The van der Waals surface area contributed by atoms with Gasteiger partial charge in [-0.25, -0.2) is 0 Å². The third-order valence-electron chi connectivity index (χ3n) is 6.93. The van der Waals surface area contributed by atoms with Crippen LogP contribution in [0.25, 0.3) is 0 Å². The molecule has 1 fully saturated rings. The Labute approximate surface area is 137 Å². The van der Waals surface area contributed by atoms with Gasteiger partial charge in [0.2, 0.25) is 0 Å². The maximum absolute atomic E-state index is 2.45. The molecule has 0 spiro atoms. The zero-order chi connectivity index (χ0) is 16.4. The summed E-state index contributed by atoms with van der Waals surface area (Å²) in [6.45, 7) is 21.5. The van der Waals surface area contributed by atoms with Crippen molar-refractivity contribution in [1.29, 1.82) is 0 Å². The fraction of sp³-hybridized carbons (Fsp3) is 1.00. The second-order valence-corrected chi connectivity index (χ2v) is 12.5. The van der Waals surface area contributed by atoms with E-state index < -0.39 is 8.07 Å². The molecule has 0 aromatic carbocycles. The SMILES string of the molecule is CCC1CCCC[Si]1(CC)CC.CC[N+](CC)(CC)CC. The minimum atomic E-state index is -0.760. The van der Waals surface area contributed by atoms with Crippen LogP contribution in [0.1, 0.15) is 74.1 Å². The molecule has 0 aromatic rings. The molecule has 21 heavy (non-hydrogen) atoms. The Kier molecular flexibility index (Phi) is 10.9. The van der Waals surface area contributed by atoms with Crippen LogP contribution < -0.4 is 0 Å². The Hall–Kier alpha value is 0.177. The van der Waals surface area contributed by atoms with Crippen molar-refractivity contribution in [3.63, 3.8) is 0 Å². The quantitative estimate of drug-likeness (QED) is 0.381. The molecule has 0 amide bonds. The van der Waals surface area contributed by atoms with Crippen LogP contribution in [0.3, 0.4) is 0 Å². The highest BCUT2D eigenvalue weighted by molar-refractivity contribution is 6.81. The second-order valence-electron chi connectivity index (χ2n) is 7.03. The van der Waals surface area contributed by atoms with E-state index in [1.165, 1.54) is 49.0 Å². The highest BCUT2D eigenvalue weighted by Crippen LogP contribution is 2.44. The molecular weight excluding hydrogens is 270 g/mol. The molecule has 128 valence electrons. The lowest BCUT2D eigenvalue weighted by Crippen LogP contribution is -2.47. The predicted molar refractivity (Wildman–Crippen MR) is 102 cm³/mol.